The van der Waals surface area contributed by atoms with Crippen LogP contribution in [0.3, 0.4) is 0 Å². The predicted molar refractivity (Wildman–Crippen MR) is 167 cm³/mol. The Morgan fingerprint density at radius 2 is 1.18 bits per heavy atom. The van der Waals surface area contributed by atoms with E-state index in [4.69, 9.17) is 28.9 Å². The number of urea groups is 2. The number of aromatic nitrogens is 4. The number of aliphatic hydroxyl groups is 2. The van der Waals surface area contributed by atoms with Crippen LogP contribution >= 0.6 is 0 Å². The second-order valence-electron chi connectivity index (χ2n) is 14.2. The van der Waals surface area contributed by atoms with Gasteiger partial charge in [-0.3, -0.25) is 0 Å². The van der Waals surface area contributed by atoms with E-state index in [9.17, 15) is 28.2 Å². The SMILES string of the molecule is NCCNC[C@@H](O)c1nnc([C@@H]2CC3(CC3)[C@@H]3CN2C(=O)N3OS(=O)(=O)ON2C(=O)N3C[C@H]2C2(CC2)C[C@H]3c2nnc([C@H](O)CNCCN)o2)o1. The number of piperidine rings is 2. The highest BCUT2D eigenvalue weighted by Crippen LogP contribution is 2.63. The first-order valence-corrected chi connectivity index (χ1v) is 18.5. The van der Waals surface area contributed by atoms with Gasteiger partial charge in [0.2, 0.25) is 23.6 Å². The molecule has 4 amide bonds. The fraction of sp³-hybridized carbons (Fsp3) is 0.786. The lowest BCUT2D eigenvalue weighted by Crippen LogP contribution is -2.45. The van der Waals surface area contributed by atoms with E-state index in [2.05, 4.69) is 31.0 Å². The molecule has 2 saturated carbocycles. The Morgan fingerprint density at radius 1 is 0.765 bits per heavy atom. The maximum atomic E-state index is 13.7. The van der Waals surface area contributed by atoms with Crippen molar-refractivity contribution in [2.75, 3.05) is 52.4 Å². The summed E-state index contributed by atoms with van der Waals surface area (Å²) in [6.07, 6.45) is 1.55. The number of carbonyl (C=O) groups excluding carboxylic acids is 2. The van der Waals surface area contributed by atoms with Crippen molar-refractivity contribution in [1.82, 2.24) is 51.0 Å². The number of carbonyl (C=O) groups is 2. The van der Waals surface area contributed by atoms with Crippen molar-refractivity contribution >= 4 is 22.5 Å². The van der Waals surface area contributed by atoms with Gasteiger partial charge in [0, 0.05) is 52.4 Å². The minimum absolute atomic E-state index is 0.0168. The topological polar surface area (TPSA) is 294 Å². The number of nitrogens with one attached hydrogen (secondary N) is 2. The fourth-order valence-corrected chi connectivity index (χ4v) is 8.72. The smallest absolute Gasteiger partial charge is 0.420 e. The van der Waals surface area contributed by atoms with Crippen molar-refractivity contribution in [3.05, 3.63) is 23.6 Å². The zero-order valence-corrected chi connectivity index (χ0v) is 28.5. The predicted octanol–water partition coefficient (Wildman–Crippen LogP) is -1.91. The second kappa shape index (κ2) is 12.8. The molecule has 6 heterocycles. The molecule has 4 aliphatic heterocycles. The molecule has 2 aliphatic carbocycles. The molecule has 8 rings (SSSR count). The van der Waals surface area contributed by atoms with Crippen LogP contribution in [0, 0.1) is 10.8 Å². The van der Waals surface area contributed by atoms with Crippen molar-refractivity contribution in [2.24, 2.45) is 22.3 Å². The van der Waals surface area contributed by atoms with Gasteiger partial charge >= 0.3 is 22.5 Å². The van der Waals surface area contributed by atoms with E-state index in [-0.39, 0.29) is 49.7 Å². The van der Waals surface area contributed by atoms with Gasteiger partial charge in [0.15, 0.2) is 0 Å². The van der Waals surface area contributed by atoms with Crippen LogP contribution in [0.1, 0.15) is 86.4 Å². The third-order valence-electron chi connectivity index (χ3n) is 11.0. The first kappa shape index (κ1) is 34.5. The van der Waals surface area contributed by atoms with E-state index >= 15 is 0 Å². The van der Waals surface area contributed by atoms with Crippen LogP contribution in [0.4, 0.5) is 9.59 Å². The number of hydrogen-bond donors (Lipinski definition) is 6. The molecule has 2 aromatic heterocycles. The van der Waals surface area contributed by atoms with Gasteiger partial charge in [-0.2, -0.15) is 18.5 Å². The van der Waals surface area contributed by atoms with Gasteiger partial charge in [-0.1, -0.05) is 0 Å². The van der Waals surface area contributed by atoms with Crippen LogP contribution in [0.15, 0.2) is 8.83 Å². The zero-order chi connectivity index (χ0) is 35.7. The lowest BCUT2D eigenvalue weighted by atomic mass is 9.85. The van der Waals surface area contributed by atoms with Crippen LogP contribution < -0.4 is 22.1 Å². The molecule has 280 valence electrons. The number of hydroxylamine groups is 4. The van der Waals surface area contributed by atoms with E-state index in [1.165, 1.54) is 9.80 Å². The standard InChI is InChI=1S/C28H42N12O10S/c29-5-7-31-11-17(41)23-35-33-21(47-23)15-9-27(1-2-27)19-13-37(15)25(43)39(19)49-51(45,46)50-40-20-14-38(26(40)44)16(10-28(20)3-4-28)22-34-36-24(48-22)18(42)12-32-8-6-30/h15-20,31-32,41-42H,1-14,29-30H2/t15-,16-,17+,18+,19-,20-/m0/s1. The summed E-state index contributed by atoms with van der Waals surface area (Å²) in [5.74, 6) is 0.219. The quantitative estimate of drug-likeness (QED) is 0.102. The highest BCUT2D eigenvalue weighted by atomic mass is 32.3. The van der Waals surface area contributed by atoms with E-state index < -0.39 is 69.7 Å². The number of nitrogens with zero attached hydrogens (tertiary/aromatic N) is 8. The largest absolute Gasteiger partial charge is 0.442 e. The average molecular weight is 739 g/mol. The van der Waals surface area contributed by atoms with Crippen LogP contribution in [-0.4, -0.2) is 135 Å². The summed E-state index contributed by atoms with van der Waals surface area (Å²) in [6, 6.07) is -3.98. The molecular formula is C28H42N12O10S. The summed E-state index contributed by atoms with van der Waals surface area (Å²) in [6.45, 7) is 2.34. The highest BCUT2D eigenvalue weighted by Gasteiger charge is 2.67. The Balaban J connectivity index is 0.951. The fourth-order valence-electron chi connectivity index (χ4n) is 7.97. The van der Waals surface area contributed by atoms with E-state index in [1.807, 2.05) is 0 Å². The lowest BCUT2D eigenvalue weighted by molar-refractivity contribution is -0.101. The molecule has 0 aromatic carbocycles. The first-order chi connectivity index (χ1) is 24.5. The molecule has 22 nitrogen and oxygen atoms in total. The van der Waals surface area contributed by atoms with Crippen LogP contribution in [0.5, 0.6) is 0 Å². The minimum Gasteiger partial charge on any atom is -0.420 e. The van der Waals surface area contributed by atoms with Gasteiger partial charge in [-0.05, 0) is 49.4 Å². The molecule has 51 heavy (non-hydrogen) atoms. The van der Waals surface area contributed by atoms with Crippen molar-refractivity contribution in [2.45, 2.75) is 74.9 Å². The molecule has 2 spiro atoms. The van der Waals surface area contributed by atoms with Crippen molar-refractivity contribution in [3.63, 3.8) is 0 Å². The monoisotopic (exact) mass is 738 g/mol. The summed E-state index contributed by atoms with van der Waals surface area (Å²) in [4.78, 5) is 30.2. The Labute approximate surface area is 292 Å². The second-order valence-corrected chi connectivity index (χ2v) is 15.4. The average Bonchev–Trinajstić information content (AvgIpc) is 3.79. The minimum atomic E-state index is -4.98. The molecular weight excluding hydrogens is 696 g/mol. The number of hydrogen-bond acceptors (Lipinski definition) is 18. The Bertz CT molecular complexity index is 1630. The molecule has 0 unspecified atom stereocenters. The molecule has 6 aliphatic rings. The van der Waals surface area contributed by atoms with Crippen LogP contribution in [0.25, 0.3) is 0 Å². The molecule has 8 N–H and O–H groups in total. The van der Waals surface area contributed by atoms with E-state index in [0.717, 1.165) is 10.1 Å². The maximum Gasteiger partial charge on any atom is 0.442 e. The lowest BCUT2D eigenvalue weighted by Gasteiger charge is -2.35. The molecule has 0 radical (unpaired) electrons. The molecule has 23 heteroatoms. The van der Waals surface area contributed by atoms with Crippen molar-refractivity contribution in [1.29, 1.82) is 0 Å². The Kier molecular flexibility index (Phi) is 8.69. The molecule has 6 atom stereocenters. The number of fused-ring (bicyclic) bond motifs is 6. The van der Waals surface area contributed by atoms with Gasteiger partial charge in [-0.25, -0.2) is 9.59 Å². The van der Waals surface area contributed by atoms with Gasteiger partial charge in [0.1, 0.15) is 24.3 Å². The number of aliphatic hydroxyl groups excluding tert-OH is 2. The van der Waals surface area contributed by atoms with Gasteiger partial charge in [0.05, 0.1) is 12.1 Å². The van der Waals surface area contributed by atoms with E-state index in [1.54, 1.807) is 0 Å². The Hall–Kier alpha value is -3.55. The zero-order valence-electron chi connectivity index (χ0n) is 27.7. The van der Waals surface area contributed by atoms with Gasteiger partial charge in [0.25, 0.3) is 0 Å². The maximum absolute atomic E-state index is 13.7. The molecule has 4 saturated heterocycles. The summed E-state index contributed by atoms with van der Waals surface area (Å²) in [5.41, 5.74) is 10.1. The molecule has 2 aromatic rings. The summed E-state index contributed by atoms with van der Waals surface area (Å²) < 4.78 is 49.4. The highest BCUT2D eigenvalue weighted by molar-refractivity contribution is 7.81. The Morgan fingerprint density at radius 3 is 1.55 bits per heavy atom. The normalized spacial score (nSPS) is 28.4. The summed E-state index contributed by atoms with van der Waals surface area (Å²) in [7, 11) is -4.98. The molecule has 4 bridgehead atoms. The van der Waals surface area contributed by atoms with Crippen LogP contribution in [-0.2, 0) is 19.0 Å². The number of amides is 4. The summed E-state index contributed by atoms with van der Waals surface area (Å²) >= 11 is 0. The number of rotatable bonds is 16. The third kappa shape index (κ3) is 6.12. The van der Waals surface area contributed by atoms with Crippen molar-refractivity contribution in [3.8, 4) is 0 Å². The van der Waals surface area contributed by atoms with E-state index in [0.29, 0.717) is 64.7 Å². The van der Waals surface area contributed by atoms with Crippen molar-refractivity contribution < 1.29 is 45.6 Å². The number of nitrogens with two attached hydrogens (primary N) is 2. The van der Waals surface area contributed by atoms with Gasteiger partial charge in [-0.15, -0.1) is 29.0 Å². The first-order valence-electron chi connectivity index (χ1n) is 17.2. The van der Waals surface area contributed by atoms with Crippen LogP contribution in [0.2, 0.25) is 0 Å². The molecule has 6 fully saturated rings. The summed E-state index contributed by atoms with van der Waals surface area (Å²) in [5, 5.41) is 44.6. The van der Waals surface area contributed by atoms with Gasteiger partial charge < -0.3 is 50.9 Å². The third-order valence-corrected chi connectivity index (χ3v) is 11.7.